The first-order chi connectivity index (χ1) is 18.7. The maximum atomic E-state index is 13.6. The summed E-state index contributed by atoms with van der Waals surface area (Å²) in [7, 11) is -4.23. The number of amides is 2. The van der Waals surface area contributed by atoms with Crippen LogP contribution in [0.5, 0.6) is 5.75 Å². The SMILES string of the molecule is Cl.O=C(CNC(=O)c1ccc(S(=O)(=O)N(Oc2ccc(Br)cc2Cl)c2ccccc2)cc1)NCC1CCNCC1. The molecule has 0 aliphatic carbocycles. The summed E-state index contributed by atoms with van der Waals surface area (Å²) >= 11 is 9.59. The van der Waals surface area contributed by atoms with Crippen LogP contribution in [-0.2, 0) is 14.8 Å². The molecular weight excluding hydrogens is 643 g/mol. The molecule has 3 aromatic carbocycles. The summed E-state index contributed by atoms with van der Waals surface area (Å²) in [5, 5.41) is 8.92. The molecule has 0 unspecified atom stereocenters. The number of para-hydroxylation sites is 1. The zero-order chi connectivity index (χ0) is 27.8. The molecule has 0 atom stereocenters. The van der Waals surface area contributed by atoms with Gasteiger partial charge in [-0.2, -0.15) is 8.42 Å². The van der Waals surface area contributed by atoms with Crippen molar-refractivity contribution in [3.8, 4) is 5.75 Å². The lowest BCUT2D eigenvalue weighted by atomic mass is 9.98. The number of carbonyl (C=O) groups is 2. The first kappa shape index (κ1) is 31.7. The standard InChI is InChI=1S/C27H28BrClN4O5S.ClH/c28-21-8-11-25(24(29)16-21)38-33(22-4-2-1-3-5-22)39(36,37)23-9-6-20(7-10-23)27(35)32-18-26(34)31-17-19-12-14-30-15-13-19;/h1-11,16,19,30H,12-15,17-18H2,(H,31,34)(H,32,35);1H. The smallest absolute Gasteiger partial charge is 0.295 e. The second-order valence-electron chi connectivity index (χ2n) is 8.94. The Hall–Kier alpha value is -2.83. The Morgan fingerprint density at radius 3 is 2.33 bits per heavy atom. The highest BCUT2D eigenvalue weighted by Crippen LogP contribution is 2.32. The summed E-state index contributed by atoms with van der Waals surface area (Å²) < 4.78 is 28.7. The van der Waals surface area contributed by atoms with Crippen molar-refractivity contribution in [1.82, 2.24) is 16.0 Å². The molecule has 1 aliphatic heterocycles. The van der Waals surface area contributed by atoms with Gasteiger partial charge in [0, 0.05) is 16.6 Å². The van der Waals surface area contributed by atoms with E-state index in [9.17, 15) is 18.0 Å². The second-order valence-corrected chi connectivity index (χ2v) is 12.0. The quantitative estimate of drug-likeness (QED) is 0.272. The summed E-state index contributed by atoms with van der Waals surface area (Å²) in [5.74, 6) is -0.196. The minimum atomic E-state index is -4.23. The van der Waals surface area contributed by atoms with Gasteiger partial charge in [-0.1, -0.05) is 50.2 Å². The highest BCUT2D eigenvalue weighted by Gasteiger charge is 2.28. The minimum absolute atomic E-state index is 0. The van der Waals surface area contributed by atoms with E-state index in [4.69, 9.17) is 16.4 Å². The topological polar surface area (TPSA) is 117 Å². The average Bonchev–Trinajstić information content (AvgIpc) is 2.95. The van der Waals surface area contributed by atoms with Crippen LogP contribution in [0.25, 0.3) is 0 Å². The molecule has 1 saturated heterocycles. The van der Waals surface area contributed by atoms with Crippen LogP contribution in [0.2, 0.25) is 5.02 Å². The van der Waals surface area contributed by atoms with Gasteiger partial charge in [0.1, 0.15) is 0 Å². The number of rotatable bonds is 10. The summed E-state index contributed by atoms with van der Waals surface area (Å²) in [4.78, 5) is 30.4. The van der Waals surface area contributed by atoms with E-state index < -0.39 is 15.9 Å². The van der Waals surface area contributed by atoms with E-state index in [0.717, 1.165) is 30.4 Å². The fraction of sp³-hybridized carbons (Fsp3) is 0.259. The minimum Gasteiger partial charge on any atom is -0.363 e. The summed E-state index contributed by atoms with van der Waals surface area (Å²) in [6, 6.07) is 18.5. The normalized spacial score (nSPS) is 13.6. The van der Waals surface area contributed by atoms with E-state index in [2.05, 4.69) is 31.9 Å². The predicted molar refractivity (Wildman–Crippen MR) is 161 cm³/mol. The van der Waals surface area contributed by atoms with Gasteiger partial charge in [-0.3, -0.25) is 9.59 Å². The Morgan fingerprint density at radius 2 is 1.68 bits per heavy atom. The lowest BCUT2D eigenvalue weighted by Crippen LogP contribution is -2.40. The number of nitrogens with one attached hydrogen (secondary N) is 3. The highest BCUT2D eigenvalue weighted by molar-refractivity contribution is 9.10. The zero-order valence-electron chi connectivity index (χ0n) is 21.3. The Kier molecular flexibility index (Phi) is 11.6. The van der Waals surface area contributed by atoms with E-state index in [1.54, 1.807) is 48.5 Å². The molecule has 1 heterocycles. The van der Waals surface area contributed by atoms with E-state index in [1.165, 1.54) is 24.3 Å². The number of sulfonamides is 1. The third-order valence-electron chi connectivity index (χ3n) is 6.13. The zero-order valence-corrected chi connectivity index (χ0v) is 25.3. The van der Waals surface area contributed by atoms with Crippen LogP contribution in [0.15, 0.2) is 82.2 Å². The Labute approximate surface area is 253 Å². The molecule has 0 bridgehead atoms. The van der Waals surface area contributed by atoms with Crippen LogP contribution in [0.3, 0.4) is 0 Å². The molecule has 0 saturated carbocycles. The molecule has 0 aromatic heterocycles. The van der Waals surface area contributed by atoms with E-state index in [1.807, 2.05) is 0 Å². The van der Waals surface area contributed by atoms with Crippen LogP contribution in [0.1, 0.15) is 23.2 Å². The van der Waals surface area contributed by atoms with E-state index in [0.29, 0.717) is 16.9 Å². The molecule has 40 heavy (non-hydrogen) atoms. The molecule has 9 nitrogen and oxygen atoms in total. The van der Waals surface area contributed by atoms with Crippen LogP contribution in [0.4, 0.5) is 5.69 Å². The van der Waals surface area contributed by atoms with Gasteiger partial charge in [0.2, 0.25) is 5.91 Å². The van der Waals surface area contributed by atoms with Crippen molar-refractivity contribution >= 4 is 67.5 Å². The lowest BCUT2D eigenvalue weighted by Gasteiger charge is -2.24. The molecular formula is C27H29BrCl2N4O5S. The first-order valence-corrected chi connectivity index (χ1v) is 14.9. The van der Waals surface area contributed by atoms with Gasteiger partial charge in [0.25, 0.3) is 15.9 Å². The number of piperidine rings is 1. The van der Waals surface area contributed by atoms with Crippen molar-refractivity contribution in [2.24, 2.45) is 5.92 Å². The molecule has 3 N–H and O–H groups in total. The van der Waals surface area contributed by atoms with Gasteiger partial charge in [0.05, 0.1) is 22.2 Å². The largest absolute Gasteiger partial charge is 0.363 e. The monoisotopic (exact) mass is 670 g/mol. The van der Waals surface area contributed by atoms with Crippen LogP contribution >= 0.6 is 39.9 Å². The number of hydrogen-bond donors (Lipinski definition) is 3. The molecule has 1 aliphatic rings. The first-order valence-electron chi connectivity index (χ1n) is 12.3. The number of anilines is 1. The van der Waals surface area contributed by atoms with Gasteiger partial charge < -0.3 is 20.8 Å². The Balaban J connectivity index is 0.00000441. The van der Waals surface area contributed by atoms with E-state index >= 15 is 0 Å². The van der Waals surface area contributed by atoms with Crippen molar-refractivity contribution in [1.29, 1.82) is 0 Å². The van der Waals surface area contributed by atoms with Crippen molar-refractivity contribution < 1.29 is 22.8 Å². The fourth-order valence-corrected chi connectivity index (χ4v) is 5.93. The molecule has 4 rings (SSSR count). The van der Waals surface area contributed by atoms with Crippen molar-refractivity contribution in [2.45, 2.75) is 17.7 Å². The van der Waals surface area contributed by atoms with Crippen molar-refractivity contribution in [3.05, 3.63) is 87.9 Å². The highest BCUT2D eigenvalue weighted by atomic mass is 79.9. The lowest BCUT2D eigenvalue weighted by molar-refractivity contribution is -0.120. The Morgan fingerprint density at radius 1 is 1.00 bits per heavy atom. The number of hydrogen-bond acceptors (Lipinski definition) is 6. The molecule has 1 fully saturated rings. The maximum absolute atomic E-state index is 13.6. The summed E-state index contributed by atoms with van der Waals surface area (Å²) in [6.45, 7) is 2.29. The Bertz CT molecular complexity index is 1410. The third kappa shape index (κ3) is 8.34. The van der Waals surface area contributed by atoms with Crippen LogP contribution < -0.4 is 25.3 Å². The van der Waals surface area contributed by atoms with Gasteiger partial charge in [-0.25, -0.2) is 0 Å². The predicted octanol–water partition coefficient (Wildman–Crippen LogP) is 4.56. The molecule has 0 spiro atoms. The number of benzene rings is 3. The van der Waals surface area contributed by atoms with Gasteiger partial charge in [0.15, 0.2) is 5.75 Å². The fourth-order valence-electron chi connectivity index (χ4n) is 3.97. The van der Waals surface area contributed by atoms with Gasteiger partial charge in [-0.15, -0.1) is 12.4 Å². The van der Waals surface area contributed by atoms with Gasteiger partial charge in [-0.05, 0) is 86.4 Å². The molecule has 0 radical (unpaired) electrons. The number of nitrogens with zero attached hydrogens (tertiary/aromatic N) is 1. The number of halogens is 3. The average molecular weight is 672 g/mol. The maximum Gasteiger partial charge on any atom is 0.295 e. The molecule has 3 aromatic rings. The third-order valence-corrected chi connectivity index (χ3v) is 8.51. The van der Waals surface area contributed by atoms with E-state index in [-0.39, 0.29) is 51.8 Å². The van der Waals surface area contributed by atoms with Crippen molar-refractivity contribution in [2.75, 3.05) is 30.6 Å². The second kappa shape index (κ2) is 14.7. The molecule has 214 valence electrons. The number of carbonyl (C=O) groups excluding carboxylic acids is 2. The van der Waals surface area contributed by atoms with Crippen molar-refractivity contribution in [3.63, 3.8) is 0 Å². The molecule has 2 amide bonds. The van der Waals surface area contributed by atoms with Gasteiger partial charge >= 0.3 is 0 Å². The molecule has 13 heteroatoms. The van der Waals surface area contributed by atoms with Crippen LogP contribution in [0, 0.1) is 5.92 Å². The summed E-state index contributed by atoms with van der Waals surface area (Å²) in [6.07, 6.45) is 2.01. The summed E-state index contributed by atoms with van der Waals surface area (Å²) in [5.41, 5.74) is 0.469. The van der Waals surface area contributed by atoms with Crippen LogP contribution in [-0.4, -0.2) is 46.4 Å².